The van der Waals surface area contributed by atoms with Gasteiger partial charge in [0.15, 0.2) is 0 Å². The van der Waals surface area contributed by atoms with Crippen molar-refractivity contribution in [1.29, 1.82) is 0 Å². The second-order valence-corrected chi connectivity index (χ2v) is 6.77. The van der Waals surface area contributed by atoms with Crippen molar-refractivity contribution in [1.82, 2.24) is 19.7 Å². The molecule has 1 fully saturated rings. The van der Waals surface area contributed by atoms with E-state index in [9.17, 15) is 4.79 Å². The van der Waals surface area contributed by atoms with Crippen molar-refractivity contribution in [2.45, 2.75) is 32.7 Å². The molecule has 2 aromatic heterocycles. The number of nitrogens with zero attached hydrogens (tertiary/aromatic N) is 4. The van der Waals surface area contributed by atoms with Gasteiger partial charge in [-0.2, -0.15) is 5.10 Å². The largest absolute Gasteiger partial charge is 0.481 e. The molecule has 2 aromatic rings. The molecule has 118 valence electrons. The van der Waals surface area contributed by atoms with Crippen LogP contribution in [0.4, 0.5) is 0 Å². The van der Waals surface area contributed by atoms with E-state index in [1.54, 1.807) is 18.0 Å². The molecule has 0 unspecified atom stereocenters. The number of carbonyl (C=O) groups excluding carboxylic acids is 1. The Labute approximate surface area is 133 Å². The summed E-state index contributed by atoms with van der Waals surface area (Å²) in [7, 11) is 3.51. The third kappa shape index (κ3) is 2.39. The van der Waals surface area contributed by atoms with Gasteiger partial charge in [-0.15, -0.1) is 11.3 Å². The predicted molar refractivity (Wildman–Crippen MR) is 84.4 cm³/mol. The van der Waals surface area contributed by atoms with Crippen LogP contribution in [0.2, 0.25) is 0 Å². The van der Waals surface area contributed by atoms with Gasteiger partial charge in [0, 0.05) is 13.6 Å². The molecule has 7 heteroatoms. The predicted octanol–water partition coefficient (Wildman–Crippen LogP) is 2.48. The number of rotatable bonds is 3. The number of amides is 1. The number of thiazole rings is 1. The molecule has 1 aliphatic rings. The third-order valence-corrected chi connectivity index (χ3v) is 4.99. The van der Waals surface area contributed by atoms with Gasteiger partial charge in [0.1, 0.15) is 4.88 Å². The summed E-state index contributed by atoms with van der Waals surface area (Å²) in [5, 5.41) is 5.35. The lowest BCUT2D eigenvalue weighted by Crippen LogP contribution is -2.30. The van der Waals surface area contributed by atoms with E-state index in [2.05, 4.69) is 10.1 Å². The summed E-state index contributed by atoms with van der Waals surface area (Å²) in [4.78, 5) is 19.6. The molecule has 3 rings (SSSR count). The van der Waals surface area contributed by atoms with Crippen LogP contribution in [-0.2, 0) is 7.05 Å². The molecule has 1 saturated heterocycles. The maximum Gasteiger partial charge on any atom is 0.266 e. The molecule has 0 saturated carbocycles. The number of ether oxygens (including phenoxy) is 1. The first-order valence-electron chi connectivity index (χ1n) is 7.33. The smallest absolute Gasteiger partial charge is 0.266 e. The van der Waals surface area contributed by atoms with Crippen LogP contribution in [0, 0.1) is 13.8 Å². The number of aryl methyl sites for hydroxylation is 3. The second-order valence-electron chi connectivity index (χ2n) is 5.53. The molecule has 1 aliphatic heterocycles. The topological polar surface area (TPSA) is 60.2 Å². The van der Waals surface area contributed by atoms with E-state index < -0.39 is 0 Å². The van der Waals surface area contributed by atoms with E-state index in [-0.39, 0.29) is 11.9 Å². The van der Waals surface area contributed by atoms with Gasteiger partial charge in [0.2, 0.25) is 5.88 Å². The Morgan fingerprint density at radius 1 is 1.45 bits per heavy atom. The van der Waals surface area contributed by atoms with Gasteiger partial charge in [-0.25, -0.2) is 9.67 Å². The van der Waals surface area contributed by atoms with Gasteiger partial charge in [0.25, 0.3) is 5.91 Å². The Morgan fingerprint density at radius 3 is 2.86 bits per heavy atom. The zero-order valence-electron chi connectivity index (χ0n) is 13.3. The summed E-state index contributed by atoms with van der Waals surface area (Å²) < 4.78 is 7.24. The minimum Gasteiger partial charge on any atom is -0.481 e. The minimum absolute atomic E-state index is 0.0264. The maximum atomic E-state index is 12.8. The highest BCUT2D eigenvalue weighted by atomic mass is 32.1. The average molecular weight is 320 g/mol. The number of methoxy groups -OCH3 is 1. The summed E-state index contributed by atoms with van der Waals surface area (Å²) in [6, 6.07) is 0.0264. The molecule has 1 amide bonds. The number of hydrogen-bond acceptors (Lipinski definition) is 5. The molecular weight excluding hydrogens is 300 g/mol. The average Bonchev–Trinajstić information content (AvgIpc) is 3.16. The van der Waals surface area contributed by atoms with Crippen molar-refractivity contribution < 1.29 is 9.53 Å². The van der Waals surface area contributed by atoms with Gasteiger partial charge in [-0.1, -0.05) is 0 Å². The van der Waals surface area contributed by atoms with Crippen LogP contribution in [0.1, 0.15) is 44.8 Å². The van der Waals surface area contributed by atoms with E-state index in [1.807, 2.05) is 25.8 Å². The van der Waals surface area contributed by atoms with Crippen molar-refractivity contribution in [3.63, 3.8) is 0 Å². The van der Waals surface area contributed by atoms with Crippen LogP contribution in [0.25, 0.3) is 0 Å². The van der Waals surface area contributed by atoms with Gasteiger partial charge in [-0.3, -0.25) is 4.79 Å². The maximum absolute atomic E-state index is 12.8. The van der Waals surface area contributed by atoms with E-state index in [0.29, 0.717) is 4.88 Å². The summed E-state index contributed by atoms with van der Waals surface area (Å²) in [5.74, 6) is 0.793. The molecule has 6 nitrogen and oxygen atoms in total. The van der Waals surface area contributed by atoms with E-state index in [0.717, 1.165) is 41.5 Å². The minimum atomic E-state index is 0.0264. The Hall–Kier alpha value is -1.89. The van der Waals surface area contributed by atoms with Crippen LogP contribution in [0.3, 0.4) is 0 Å². The summed E-state index contributed by atoms with van der Waals surface area (Å²) in [6.07, 6.45) is 3.60. The standard InChI is InChI=1S/C15H20N4O2S/c1-9-13(15(21-4)18(3)17-9)11-6-5-7-19(11)14(20)12-8-16-10(2)22-12/h8,11H,5-7H2,1-4H3/t11-/m1/s1. The second kappa shape index (κ2) is 5.72. The fraction of sp³-hybridized carbons (Fsp3) is 0.533. The first kappa shape index (κ1) is 15.0. The van der Waals surface area contributed by atoms with Crippen LogP contribution >= 0.6 is 11.3 Å². The normalized spacial score (nSPS) is 18.0. The van der Waals surface area contributed by atoms with Crippen molar-refractivity contribution in [3.8, 4) is 5.88 Å². The highest BCUT2D eigenvalue weighted by molar-refractivity contribution is 7.13. The van der Waals surface area contributed by atoms with Gasteiger partial charge >= 0.3 is 0 Å². The monoisotopic (exact) mass is 320 g/mol. The summed E-state index contributed by atoms with van der Waals surface area (Å²) in [5.41, 5.74) is 1.95. The van der Waals surface area contributed by atoms with Gasteiger partial charge in [-0.05, 0) is 26.7 Å². The Bertz CT molecular complexity index is 706. The molecule has 3 heterocycles. The SMILES string of the molecule is COc1c([C@H]2CCCN2C(=O)c2cnc(C)s2)c(C)nn1C. The van der Waals surface area contributed by atoms with Crippen LogP contribution < -0.4 is 4.74 Å². The Balaban J connectivity index is 1.95. The number of hydrogen-bond donors (Lipinski definition) is 0. The van der Waals surface area contributed by atoms with Crippen LogP contribution in [0.5, 0.6) is 5.88 Å². The first-order valence-corrected chi connectivity index (χ1v) is 8.15. The molecule has 0 spiro atoms. The molecule has 0 aliphatic carbocycles. The fourth-order valence-corrected chi connectivity index (χ4v) is 3.92. The van der Waals surface area contributed by atoms with E-state index in [1.165, 1.54) is 11.3 Å². The van der Waals surface area contributed by atoms with Crippen LogP contribution in [-0.4, -0.2) is 39.2 Å². The van der Waals surface area contributed by atoms with Crippen molar-refractivity contribution >= 4 is 17.2 Å². The van der Waals surface area contributed by atoms with Crippen LogP contribution in [0.15, 0.2) is 6.20 Å². The summed E-state index contributed by atoms with van der Waals surface area (Å²) >= 11 is 1.44. The molecule has 22 heavy (non-hydrogen) atoms. The first-order chi connectivity index (χ1) is 10.5. The lowest BCUT2D eigenvalue weighted by Gasteiger charge is -2.24. The zero-order chi connectivity index (χ0) is 15.9. The highest BCUT2D eigenvalue weighted by Gasteiger charge is 2.35. The lowest BCUT2D eigenvalue weighted by molar-refractivity contribution is 0.0738. The number of likely N-dealkylation sites (tertiary alicyclic amines) is 1. The third-order valence-electron chi connectivity index (χ3n) is 4.09. The molecule has 0 N–H and O–H groups in total. The number of carbonyl (C=O) groups is 1. The zero-order valence-corrected chi connectivity index (χ0v) is 14.1. The quantitative estimate of drug-likeness (QED) is 0.872. The molecule has 0 radical (unpaired) electrons. The van der Waals surface area contributed by atoms with Crippen molar-refractivity contribution in [3.05, 3.63) is 27.3 Å². The molecule has 0 aromatic carbocycles. The Morgan fingerprint density at radius 2 is 2.23 bits per heavy atom. The van der Waals surface area contributed by atoms with Crippen molar-refractivity contribution in [2.75, 3.05) is 13.7 Å². The molecular formula is C15H20N4O2S. The Kier molecular flexibility index (Phi) is 3.90. The van der Waals surface area contributed by atoms with Gasteiger partial charge < -0.3 is 9.64 Å². The fourth-order valence-electron chi connectivity index (χ4n) is 3.19. The lowest BCUT2D eigenvalue weighted by atomic mass is 10.0. The van der Waals surface area contributed by atoms with Crippen molar-refractivity contribution in [2.24, 2.45) is 7.05 Å². The van der Waals surface area contributed by atoms with Gasteiger partial charge in [0.05, 0.1) is 35.6 Å². The number of aromatic nitrogens is 3. The molecule has 0 bridgehead atoms. The van der Waals surface area contributed by atoms with E-state index in [4.69, 9.17) is 4.74 Å². The highest BCUT2D eigenvalue weighted by Crippen LogP contribution is 2.39. The molecule has 1 atom stereocenters. The summed E-state index contributed by atoms with van der Waals surface area (Å²) in [6.45, 7) is 4.64. The van der Waals surface area contributed by atoms with E-state index >= 15 is 0 Å².